The van der Waals surface area contributed by atoms with E-state index in [4.69, 9.17) is 0 Å². The van der Waals surface area contributed by atoms with Crippen LogP contribution in [0, 0.1) is 6.92 Å². The molecule has 2 aliphatic heterocycles. The van der Waals surface area contributed by atoms with E-state index in [-0.39, 0.29) is 11.9 Å². The van der Waals surface area contributed by atoms with Gasteiger partial charge in [0.1, 0.15) is 0 Å². The molecule has 0 radical (unpaired) electrons. The fraction of sp³-hybridized carbons (Fsp3) is 0.600. The lowest BCUT2D eigenvalue weighted by atomic mass is 9.96. The second-order valence-corrected chi connectivity index (χ2v) is 8.56. The van der Waals surface area contributed by atoms with Crippen molar-refractivity contribution in [3.05, 3.63) is 34.5 Å². The number of likely N-dealkylation sites (tertiary alicyclic amines) is 1. The number of hydrogen-bond acceptors (Lipinski definition) is 7. The number of piperidine rings is 1. The summed E-state index contributed by atoms with van der Waals surface area (Å²) in [6.45, 7) is 9.08. The molecular formula is C20H28N6OS. The first-order chi connectivity index (χ1) is 13.6. The molecule has 2 fully saturated rings. The van der Waals surface area contributed by atoms with Crippen LogP contribution in [0.15, 0.2) is 23.8 Å². The van der Waals surface area contributed by atoms with E-state index in [9.17, 15) is 4.79 Å². The van der Waals surface area contributed by atoms with Crippen LogP contribution < -0.4 is 4.90 Å². The number of amides is 1. The predicted molar refractivity (Wildman–Crippen MR) is 111 cm³/mol. The van der Waals surface area contributed by atoms with Crippen molar-refractivity contribution < 1.29 is 4.79 Å². The summed E-state index contributed by atoms with van der Waals surface area (Å²) in [5.41, 5.74) is 1.12. The molecule has 0 aromatic carbocycles. The molecule has 0 aliphatic carbocycles. The molecule has 1 amide bonds. The summed E-state index contributed by atoms with van der Waals surface area (Å²) in [7, 11) is 0. The number of thiazole rings is 1. The zero-order valence-electron chi connectivity index (χ0n) is 16.6. The Morgan fingerprint density at radius 2 is 1.79 bits per heavy atom. The van der Waals surface area contributed by atoms with Crippen molar-refractivity contribution in [3.8, 4) is 0 Å². The topological polar surface area (TPSA) is 65.5 Å². The summed E-state index contributed by atoms with van der Waals surface area (Å²) in [4.78, 5) is 32.8. The number of aromatic nitrogens is 3. The molecule has 0 bridgehead atoms. The van der Waals surface area contributed by atoms with E-state index in [0.717, 1.165) is 63.8 Å². The molecule has 8 heteroatoms. The van der Waals surface area contributed by atoms with Gasteiger partial charge in [-0.2, -0.15) is 0 Å². The van der Waals surface area contributed by atoms with Gasteiger partial charge >= 0.3 is 0 Å². The third-order valence-electron chi connectivity index (χ3n) is 5.85. The predicted octanol–water partition coefficient (Wildman–Crippen LogP) is 2.16. The zero-order chi connectivity index (χ0) is 19.5. The highest BCUT2D eigenvalue weighted by Crippen LogP contribution is 2.31. The summed E-state index contributed by atoms with van der Waals surface area (Å²) < 4.78 is 0. The lowest BCUT2D eigenvalue weighted by Gasteiger charge is -2.40. The quantitative estimate of drug-likeness (QED) is 0.784. The molecule has 1 atom stereocenters. The van der Waals surface area contributed by atoms with Crippen molar-refractivity contribution in [1.29, 1.82) is 0 Å². The number of rotatable bonds is 4. The number of hydrogen-bond donors (Lipinski definition) is 0. The van der Waals surface area contributed by atoms with Gasteiger partial charge in [-0.25, -0.2) is 15.0 Å². The molecule has 4 heterocycles. The van der Waals surface area contributed by atoms with E-state index >= 15 is 0 Å². The summed E-state index contributed by atoms with van der Waals surface area (Å²) in [5, 5.41) is 3.39. The van der Waals surface area contributed by atoms with E-state index in [1.54, 1.807) is 23.7 Å². The number of carbonyl (C=O) groups is 1. The molecule has 2 aromatic heterocycles. The average molecular weight is 401 g/mol. The molecule has 7 nitrogen and oxygen atoms in total. The second kappa shape index (κ2) is 8.53. The van der Waals surface area contributed by atoms with Gasteiger partial charge in [-0.05, 0) is 45.8 Å². The molecule has 4 rings (SSSR count). The smallest absolute Gasteiger partial charge is 0.239 e. The van der Waals surface area contributed by atoms with Crippen molar-refractivity contribution >= 4 is 23.2 Å². The standard InChI is InChI=1S/C20H28N6OS/c1-15-14-28-18(23-15)17-4-8-24(9-5-17)16(2)19(27)25-10-12-26(13-11-25)20-21-6-3-7-22-20/h3,6-7,14,16-17H,4-5,8-13H2,1-2H3. The molecule has 0 spiro atoms. The van der Waals surface area contributed by atoms with Crippen molar-refractivity contribution in [3.63, 3.8) is 0 Å². The van der Waals surface area contributed by atoms with Crippen molar-refractivity contribution in [1.82, 2.24) is 24.8 Å². The van der Waals surface area contributed by atoms with Crippen LogP contribution in [0.4, 0.5) is 5.95 Å². The van der Waals surface area contributed by atoms with Gasteiger partial charge in [-0.1, -0.05) is 0 Å². The minimum atomic E-state index is -0.0569. The maximum absolute atomic E-state index is 13.0. The lowest BCUT2D eigenvalue weighted by molar-refractivity contribution is -0.137. The molecule has 0 saturated carbocycles. The Kier molecular flexibility index (Phi) is 5.87. The molecule has 150 valence electrons. The van der Waals surface area contributed by atoms with Gasteiger partial charge in [0.2, 0.25) is 11.9 Å². The van der Waals surface area contributed by atoms with Gasteiger partial charge < -0.3 is 9.80 Å². The fourth-order valence-electron chi connectivity index (χ4n) is 4.10. The Morgan fingerprint density at radius 3 is 2.39 bits per heavy atom. The van der Waals surface area contributed by atoms with Gasteiger partial charge in [-0.15, -0.1) is 11.3 Å². The Morgan fingerprint density at radius 1 is 1.11 bits per heavy atom. The molecule has 28 heavy (non-hydrogen) atoms. The Labute approximate surface area is 170 Å². The van der Waals surface area contributed by atoms with Gasteiger partial charge in [0.25, 0.3) is 0 Å². The molecule has 2 aliphatic rings. The van der Waals surface area contributed by atoms with Crippen molar-refractivity contribution in [2.24, 2.45) is 0 Å². The average Bonchev–Trinajstić information content (AvgIpc) is 3.20. The van der Waals surface area contributed by atoms with Gasteiger partial charge in [0.05, 0.1) is 11.0 Å². The van der Waals surface area contributed by atoms with Crippen molar-refractivity contribution in [2.45, 2.75) is 38.6 Å². The maximum Gasteiger partial charge on any atom is 0.239 e. The van der Waals surface area contributed by atoms with Crippen LogP contribution in [0.3, 0.4) is 0 Å². The van der Waals surface area contributed by atoms with Crippen LogP contribution in [0.1, 0.15) is 36.4 Å². The fourth-order valence-corrected chi connectivity index (χ4v) is 5.06. The van der Waals surface area contributed by atoms with Gasteiger partial charge in [0.15, 0.2) is 0 Å². The molecule has 1 unspecified atom stereocenters. The highest BCUT2D eigenvalue weighted by molar-refractivity contribution is 7.09. The van der Waals surface area contributed by atoms with Crippen LogP contribution in [0.2, 0.25) is 0 Å². The third-order valence-corrected chi connectivity index (χ3v) is 6.97. The lowest BCUT2D eigenvalue weighted by Crippen LogP contribution is -2.55. The summed E-state index contributed by atoms with van der Waals surface area (Å²) in [5.74, 6) is 1.55. The first-order valence-electron chi connectivity index (χ1n) is 10.1. The Bertz CT molecular complexity index is 781. The van der Waals surface area contributed by atoms with Crippen molar-refractivity contribution in [2.75, 3.05) is 44.2 Å². The van der Waals surface area contributed by atoms with Crippen LogP contribution in [-0.4, -0.2) is 76.0 Å². The highest BCUT2D eigenvalue weighted by Gasteiger charge is 2.32. The number of carbonyl (C=O) groups excluding carboxylic acids is 1. The summed E-state index contributed by atoms with van der Waals surface area (Å²) in [6, 6.07) is 1.77. The minimum absolute atomic E-state index is 0.0569. The first kappa shape index (κ1) is 19.3. The third kappa shape index (κ3) is 4.17. The van der Waals surface area contributed by atoms with Gasteiger partial charge in [-0.3, -0.25) is 9.69 Å². The number of piperazine rings is 1. The number of aryl methyl sites for hydroxylation is 1. The SMILES string of the molecule is Cc1csc(C2CCN(C(C)C(=O)N3CCN(c4ncccn4)CC3)CC2)n1. The minimum Gasteiger partial charge on any atom is -0.338 e. The van der Waals surface area contributed by atoms with E-state index < -0.39 is 0 Å². The molecule has 2 aromatic rings. The van der Waals surface area contributed by atoms with E-state index in [0.29, 0.717) is 5.92 Å². The van der Waals surface area contributed by atoms with Crippen LogP contribution in [0.25, 0.3) is 0 Å². The van der Waals surface area contributed by atoms with E-state index in [2.05, 4.69) is 44.0 Å². The Hall–Kier alpha value is -2.06. The summed E-state index contributed by atoms with van der Waals surface area (Å²) in [6.07, 6.45) is 5.70. The Balaban J connectivity index is 1.27. The van der Waals surface area contributed by atoms with Crippen LogP contribution in [-0.2, 0) is 4.79 Å². The molecule has 2 saturated heterocycles. The van der Waals surface area contributed by atoms with Crippen LogP contribution in [0.5, 0.6) is 0 Å². The zero-order valence-corrected chi connectivity index (χ0v) is 17.4. The molecule has 0 N–H and O–H groups in total. The first-order valence-corrected chi connectivity index (χ1v) is 11.0. The normalized spacial score (nSPS) is 20.4. The molecular weight excluding hydrogens is 372 g/mol. The summed E-state index contributed by atoms with van der Waals surface area (Å²) >= 11 is 1.77. The van der Waals surface area contributed by atoms with E-state index in [1.807, 2.05) is 11.0 Å². The number of anilines is 1. The largest absolute Gasteiger partial charge is 0.338 e. The second-order valence-electron chi connectivity index (χ2n) is 7.67. The highest BCUT2D eigenvalue weighted by atomic mass is 32.1. The maximum atomic E-state index is 13.0. The van der Waals surface area contributed by atoms with Crippen LogP contribution >= 0.6 is 11.3 Å². The monoisotopic (exact) mass is 400 g/mol. The van der Waals surface area contributed by atoms with Gasteiger partial charge in [0, 0.05) is 55.6 Å². The van der Waals surface area contributed by atoms with E-state index in [1.165, 1.54) is 5.01 Å². The number of nitrogens with zero attached hydrogens (tertiary/aromatic N) is 6.